The summed E-state index contributed by atoms with van der Waals surface area (Å²) in [4.78, 5) is 18.3. The van der Waals surface area contributed by atoms with Gasteiger partial charge in [0.2, 0.25) is 0 Å². The molecule has 3 aromatic rings. The molecule has 2 aliphatic rings. The molecule has 1 heterocycles. The third-order valence-corrected chi connectivity index (χ3v) is 7.45. The Hall–Kier alpha value is -3.99. The van der Waals surface area contributed by atoms with Crippen molar-refractivity contribution < 1.29 is 9.53 Å². The van der Waals surface area contributed by atoms with Crippen molar-refractivity contribution in [1.29, 1.82) is 0 Å². The van der Waals surface area contributed by atoms with Crippen LogP contribution >= 0.6 is 0 Å². The number of carbonyl (C=O) groups is 1. The second-order valence-corrected chi connectivity index (χ2v) is 10.3. The van der Waals surface area contributed by atoms with Crippen molar-refractivity contribution in [1.82, 2.24) is 0 Å². The van der Waals surface area contributed by atoms with Gasteiger partial charge < -0.3 is 19.4 Å². The Labute approximate surface area is 220 Å². The minimum Gasteiger partial charge on any atom is -0.423 e. The van der Waals surface area contributed by atoms with Gasteiger partial charge in [0.25, 0.3) is 0 Å². The highest BCUT2D eigenvalue weighted by atomic mass is 16.5. The zero-order valence-corrected chi connectivity index (χ0v) is 22.1. The van der Waals surface area contributed by atoms with Gasteiger partial charge in [-0.3, -0.25) is 0 Å². The van der Waals surface area contributed by atoms with Crippen molar-refractivity contribution in [2.75, 3.05) is 42.9 Å². The zero-order valence-electron chi connectivity index (χ0n) is 22.1. The van der Waals surface area contributed by atoms with E-state index in [0.717, 1.165) is 11.6 Å². The SMILES string of the molecule is C=CC(=O)Oc1ccc(C=Cc2ccc3c(c2)C2CCCC2N3c2cc(N(C)C)cc(N(C)C)c2)cc1. The van der Waals surface area contributed by atoms with E-state index < -0.39 is 5.97 Å². The molecular weight excluding hydrogens is 458 g/mol. The fourth-order valence-electron chi connectivity index (χ4n) is 5.55. The fourth-order valence-corrected chi connectivity index (χ4v) is 5.55. The van der Waals surface area contributed by atoms with E-state index in [1.54, 1.807) is 12.1 Å². The number of nitrogens with zero attached hydrogens (tertiary/aromatic N) is 3. The highest BCUT2D eigenvalue weighted by molar-refractivity contribution is 5.83. The van der Waals surface area contributed by atoms with Gasteiger partial charge in [0.15, 0.2) is 0 Å². The highest BCUT2D eigenvalue weighted by Crippen LogP contribution is 2.53. The second kappa shape index (κ2) is 10.2. The number of anilines is 4. The van der Waals surface area contributed by atoms with Gasteiger partial charge in [0.05, 0.1) is 0 Å². The number of hydrogen-bond donors (Lipinski definition) is 0. The Bertz CT molecular complexity index is 1310. The van der Waals surface area contributed by atoms with Gasteiger partial charge in [0, 0.05) is 69.0 Å². The standard InChI is InChI=1S/C32H35N3O2/c1-6-32(36)37-27-15-12-22(13-16-27)10-11-23-14-17-31-29(18-23)28-8-7-9-30(28)35(31)26-20-24(33(2)3)19-25(21-26)34(4)5/h6,10-21,28,30H,1,7-9H2,2-5H3. The van der Waals surface area contributed by atoms with Crippen molar-refractivity contribution in [2.45, 2.75) is 31.2 Å². The lowest BCUT2D eigenvalue weighted by Crippen LogP contribution is -2.27. The van der Waals surface area contributed by atoms with Crippen LogP contribution in [0.15, 0.2) is 73.3 Å². The summed E-state index contributed by atoms with van der Waals surface area (Å²) in [5.41, 5.74) is 8.74. The Morgan fingerprint density at radius 2 is 1.54 bits per heavy atom. The van der Waals surface area contributed by atoms with Crippen molar-refractivity contribution in [2.24, 2.45) is 0 Å². The quantitative estimate of drug-likeness (QED) is 0.155. The molecule has 0 N–H and O–H groups in total. The molecule has 5 heteroatoms. The minimum atomic E-state index is -0.452. The number of benzene rings is 3. The normalized spacial score (nSPS) is 18.0. The summed E-state index contributed by atoms with van der Waals surface area (Å²) < 4.78 is 5.17. The molecule has 0 saturated heterocycles. The topological polar surface area (TPSA) is 36.0 Å². The molecule has 1 saturated carbocycles. The van der Waals surface area contributed by atoms with E-state index in [1.165, 1.54) is 53.1 Å². The number of fused-ring (bicyclic) bond motifs is 3. The second-order valence-electron chi connectivity index (χ2n) is 10.3. The van der Waals surface area contributed by atoms with Crippen LogP contribution in [-0.2, 0) is 4.79 Å². The molecule has 5 rings (SSSR count). The molecule has 0 radical (unpaired) electrons. The number of esters is 1. The molecular formula is C32H35N3O2. The summed E-state index contributed by atoms with van der Waals surface area (Å²) in [6, 6.07) is 21.8. The average molecular weight is 494 g/mol. The number of rotatable bonds is 7. The predicted octanol–water partition coefficient (Wildman–Crippen LogP) is 6.87. The highest BCUT2D eigenvalue weighted by Gasteiger charge is 2.42. The van der Waals surface area contributed by atoms with Crippen molar-refractivity contribution in [3.63, 3.8) is 0 Å². The van der Waals surface area contributed by atoms with Gasteiger partial charge in [-0.1, -0.05) is 43.4 Å². The van der Waals surface area contributed by atoms with E-state index in [4.69, 9.17) is 4.74 Å². The third-order valence-electron chi connectivity index (χ3n) is 7.45. The first-order valence-electron chi connectivity index (χ1n) is 12.9. The molecule has 0 aromatic heterocycles. The van der Waals surface area contributed by atoms with Gasteiger partial charge >= 0.3 is 5.97 Å². The van der Waals surface area contributed by atoms with E-state index in [-0.39, 0.29) is 0 Å². The van der Waals surface area contributed by atoms with Crippen molar-refractivity contribution in [3.8, 4) is 5.75 Å². The summed E-state index contributed by atoms with van der Waals surface area (Å²) in [5.74, 6) is 0.628. The summed E-state index contributed by atoms with van der Waals surface area (Å²) >= 11 is 0. The molecule has 37 heavy (non-hydrogen) atoms. The van der Waals surface area contributed by atoms with E-state index in [0.29, 0.717) is 17.7 Å². The van der Waals surface area contributed by atoms with Gasteiger partial charge in [0.1, 0.15) is 5.75 Å². The molecule has 1 fully saturated rings. The first-order valence-corrected chi connectivity index (χ1v) is 12.9. The summed E-state index contributed by atoms with van der Waals surface area (Å²) in [7, 11) is 8.42. The molecule has 0 bridgehead atoms. The number of hydrogen-bond acceptors (Lipinski definition) is 5. The van der Waals surface area contributed by atoms with E-state index in [9.17, 15) is 4.79 Å². The summed E-state index contributed by atoms with van der Waals surface area (Å²) in [5, 5.41) is 0. The molecule has 5 nitrogen and oxygen atoms in total. The Kier molecular flexibility index (Phi) is 6.79. The van der Waals surface area contributed by atoms with Gasteiger partial charge in [-0.05, 0) is 72.0 Å². The van der Waals surface area contributed by atoms with Crippen LogP contribution in [-0.4, -0.2) is 40.2 Å². The molecule has 3 aromatic carbocycles. The Morgan fingerprint density at radius 1 is 0.892 bits per heavy atom. The molecule has 0 spiro atoms. The van der Waals surface area contributed by atoms with Crippen LogP contribution in [0.5, 0.6) is 5.75 Å². The molecule has 0 amide bonds. The fraction of sp³-hybridized carbons (Fsp3) is 0.281. The summed E-state index contributed by atoms with van der Waals surface area (Å²) in [6.07, 6.45) is 9.15. The maximum atomic E-state index is 11.4. The third kappa shape index (κ3) is 4.99. The average Bonchev–Trinajstić information content (AvgIpc) is 3.48. The summed E-state index contributed by atoms with van der Waals surface area (Å²) in [6.45, 7) is 3.43. The van der Waals surface area contributed by atoms with E-state index in [1.807, 2.05) is 12.1 Å². The number of carbonyl (C=O) groups excluding carboxylic acids is 1. The van der Waals surface area contributed by atoms with E-state index in [2.05, 4.69) is 98.0 Å². The van der Waals surface area contributed by atoms with Gasteiger partial charge in [-0.2, -0.15) is 0 Å². The van der Waals surface area contributed by atoms with Crippen LogP contribution in [0.1, 0.15) is 41.9 Å². The Morgan fingerprint density at radius 3 is 2.19 bits per heavy atom. The minimum absolute atomic E-state index is 0.452. The predicted molar refractivity (Wildman–Crippen MR) is 155 cm³/mol. The first-order chi connectivity index (χ1) is 17.8. The molecule has 2 atom stereocenters. The molecule has 1 aliphatic heterocycles. The van der Waals surface area contributed by atoms with Crippen LogP contribution in [0.3, 0.4) is 0 Å². The molecule has 190 valence electrons. The largest absolute Gasteiger partial charge is 0.423 e. The van der Waals surface area contributed by atoms with Gasteiger partial charge in [-0.15, -0.1) is 0 Å². The molecule has 2 unspecified atom stereocenters. The van der Waals surface area contributed by atoms with Crippen LogP contribution in [0.4, 0.5) is 22.7 Å². The van der Waals surface area contributed by atoms with Crippen molar-refractivity contribution in [3.05, 3.63) is 90.0 Å². The number of ether oxygens (including phenoxy) is 1. The zero-order chi connectivity index (χ0) is 26.1. The maximum absolute atomic E-state index is 11.4. The maximum Gasteiger partial charge on any atom is 0.335 e. The van der Waals surface area contributed by atoms with Crippen LogP contribution in [0, 0.1) is 0 Å². The monoisotopic (exact) mass is 493 g/mol. The van der Waals surface area contributed by atoms with Crippen LogP contribution in [0.2, 0.25) is 0 Å². The Balaban J connectivity index is 1.44. The van der Waals surface area contributed by atoms with Gasteiger partial charge in [-0.25, -0.2) is 4.79 Å². The van der Waals surface area contributed by atoms with E-state index >= 15 is 0 Å². The molecule has 1 aliphatic carbocycles. The first kappa shape index (κ1) is 24.7. The lowest BCUT2D eigenvalue weighted by atomic mass is 9.95. The van der Waals surface area contributed by atoms with Crippen LogP contribution in [0.25, 0.3) is 12.2 Å². The lowest BCUT2D eigenvalue weighted by molar-refractivity contribution is -0.128. The smallest absolute Gasteiger partial charge is 0.335 e. The van der Waals surface area contributed by atoms with Crippen molar-refractivity contribution >= 4 is 40.9 Å². The van der Waals surface area contributed by atoms with Crippen LogP contribution < -0.4 is 19.4 Å². The lowest BCUT2D eigenvalue weighted by Gasteiger charge is -2.30.